The summed E-state index contributed by atoms with van der Waals surface area (Å²) in [6, 6.07) is 2.82. The molecule has 0 atom stereocenters. The molecule has 3 aromatic heterocycles. The number of carbonyl (C=O) groups is 2. The van der Waals surface area contributed by atoms with Crippen LogP contribution in [0.25, 0.3) is 5.52 Å². The van der Waals surface area contributed by atoms with Crippen molar-refractivity contribution in [1.29, 1.82) is 0 Å². The Bertz CT molecular complexity index is 803. The van der Waals surface area contributed by atoms with Gasteiger partial charge in [0.2, 0.25) is 11.5 Å². The molecule has 0 aliphatic heterocycles. The van der Waals surface area contributed by atoms with Crippen molar-refractivity contribution >= 4 is 17.3 Å². The summed E-state index contributed by atoms with van der Waals surface area (Å²) in [6.45, 7) is 0. The van der Waals surface area contributed by atoms with E-state index in [4.69, 9.17) is 4.42 Å². The molecule has 0 aliphatic carbocycles. The van der Waals surface area contributed by atoms with Crippen LogP contribution in [0.1, 0.15) is 26.7 Å². The highest BCUT2D eigenvalue weighted by Gasteiger charge is 2.20. The number of esters is 1. The summed E-state index contributed by atoms with van der Waals surface area (Å²) in [5.41, 5.74) is 0.914. The number of hydrogen-bond acceptors (Lipinski definition) is 6. The normalized spacial score (nSPS) is 10.7. The van der Waals surface area contributed by atoms with E-state index in [1.807, 2.05) is 0 Å². The second kappa shape index (κ2) is 4.61. The minimum absolute atomic E-state index is 0.0227. The van der Waals surface area contributed by atoms with Gasteiger partial charge in [0.1, 0.15) is 0 Å². The van der Waals surface area contributed by atoms with Gasteiger partial charge >= 0.3 is 5.97 Å². The third-order valence-electron chi connectivity index (χ3n) is 2.79. The lowest BCUT2D eigenvalue weighted by Gasteiger charge is -1.96. The van der Waals surface area contributed by atoms with Gasteiger partial charge in [0.05, 0.1) is 30.6 Å². The molecule has 7 heteroatoms. The van der Waals surface area contributed by atoms with Gasteiger partial charge in [-0.25, -0.2) is 9.31 Å². The van der Waals surface area contributed by atoms with Crippen molar-refractivity contribution in [2.45, 2.75) is 0 Å². The molecule has 3 rings (SSSR count). The fourth-order valence-corrected chi connectivity index (χ4v) is 1.81. The molecule has 0 unspecified atom stereocenters. The lowest BCUT2D eigenvalue weighted by molar-refractivity contribution is 0.0563. The van der Waals surface area contributed by atoms with Gasteiger partial charge in [0, 0.05) is 12.4 Å². The van der Waals surface area contributed by atoms with Crippen LogP contribution in [0.2, 0.25) is 0 Å². The van der Waals surface area contributed by atoms with Crippen LogP contribution in [-0.2, 0) is 4.74 Å². The number of carbonyl (C=O) groups excluding carboxylic acids is 2. The molecule has 0 fully saturated rings. The predicted molar refractivity (Wildman–Crippen MR) is 66.5 cm³/mol. The summed E-state index contributed by atoms with van der Waals surface area (Å²) in [5.74, 6) is -0.983. The number of methoxy groups -OCH3 is 1. The monoisotopic (exact) mass is 271 g/mol. The maximum absolute atomic E-state index is 12.3. The van der Waals surface area contributed by atoms with E-state index in [0.717, 1.165) is 0 Å². The summed E-state index contributed by atoms with van der Waals surface area (Å²) < 4.78 is 11.2. The molecule has 3 aromatic rings. The fraction of sp³-hybridized carbons (Fsp3) is 0.0769. The van der Waals surface area contributed by atoms with Crippen LogP contribution < -0.4 is 0 Å². The Morgan fingerprint density at radius 1 is 1.25 bits per heavy atom. The average Bonchev–Trinajstić information content (AvgIpc) is 3.12. The first kappa shape index (κ1) is 12.1. The molecule has 0 saturated heterocycles. The molecular formula is C13H9N3O4. The summed E-state index contributed by atoms with van der Waals surface area (Å²) in [5, 5.41) is 4.05. The van der Waals surface area contributed by atoms with Crippen molar-refractivity contribution in [3.05, 3.63) is 54.0 Å². The molecule has 0 spiro atoms. The van der Waals surface area contributed by atoms with Crippen LogP contribution in [0.15, 0.2) is 41.3 Å². The number of ether oxygens (including phenoxy) is 1. The second-order valence-corrected chi connectivity index (χ2v) is 3.95. The number of furan rings is 1. The standard InChI is InChI=1S/C13H9N3O4/c1-19-13(18)11-3-2-10(20-11)12(17)8-6-15-16-5-4-14-7-9(8)16/h2-7H,1H3. The average molecular weight is 271 g/mol. The Kier molecular flexibility index (Phi) is 2.79. The van der Waals surface area contributed by atoms with Gasteiger partial charge in [-0.15, -0.1) is 0 Å². The van der Waals surface area contributed by atoms with Gasteiger partial charge in [0.15, 0.2) is 5.76 Å². The Morgan fingerprint density at radius 2 is 2.05 bits per heavy atom. The van der Waals surface area contributed by atoms with Gasteiger partial charge in [-0.2, -0.15) is 5.10 Å². The van der Waals surface area contributed by atoms with Crippen molar-refractivity contribution in [3.63, 3.8) is 0 Å². The predicted octanol–water partition coefficient (Wildman–Crippen LogP) is 1.34. The topological polar surface area (TPSA) is 86.7 Å². The molecule has 20 heavy (non-hydrogen) atoms. The number of nitrogens with zero attached hydrogens (tertiary/aromatic N) is 3. The first-order chi connectivity index (χ1) is 9.70. The third kappa shape index (κ3) is 1.85. The molecule has 0 N–H and O–H groups in total. The van der Waals surface area contributed by atoms with Crippen molar-refractivity contribution in [2.24, 2.45) is 0 Å². The fourth-order valence-electron chi connectivity index (χ4n) is 1.81. The van der Waals surface area contributed by atoms with Gasteiger partial charge in [-0.1, -0.05) is 0 Å². The quantitative estimate of drug-likeness (QED) is 0.527. The van der Waals surface area contributed by atoms with Crippen LogP contribution in [-0.4, -0.2) is 33.5 Å². The maximum Gasteiger partial charge on any atom is 0.373 e. The van der Waals surface area contributed by atoms with Crippen molar-refractivity contribution in [1.82, 2.24) is 14.6 Å². The van der Waals surface area contributed by atoms with Crippen LogP contribution in [0.3, 0.4) is 0 Å². The zero-order chi connectivity index (χ0) is 14.1. The highest BCUT2D eigenvalue weighted by atomic mass is 16.5. The van der Waals surface area contributed by atoms with Gasteiger partial charge in [-0.3, -0.25) is 9.78 Å². The van der Waals surface area contributed by atoms with Crippen molar-refractivity contribution < 1.29 is 18.7 Å². The molecule has 0 aromatic carbocycles. The lowest BCUT2D eigenvalue weighted by atomic mass is 10.1. The largest absolute Gasteiger partial charge is 0.463 e. The minimum atomic E-state index is -0.634. The molecular weight excluding hydrogens is 262 g/mol. The van der Waals surface area contributed by atoms with E-state index < -0.39 is 5.97 Å². The Hall–Kier alpha value is -2.96. The molecule has 0 amide bonds. The van der Waals surface area contributed by atoms with Crippen LogP contribution >= 0.6 is 0 Å². The van der Waals surface area contributed by atoms with Gasteiger partial charge in [-0.05, 0) is 12.1 Å². The number of fused-ring (bicyclic) bond motifs is 1. The number of rotatable bonds is 3. The highest BCUT2D eigenvalue weighted by Crippen LogP contribution is 2.17. The maximum atomic E-state index is 12.3. The van der Waals surface area contributed by atoms with E-state index in [-0.39, 0.29) is 17.3 Å². The van der Waals surface area contributed by atoms with Crippen LogP contribution in [0.5, 0.6) is 0 Å². The summed E-state index contributed by atoms with van der Waals surface area (Å²) in [6.07, 6.45) is 6.16. The number of hydrogen-bond donors (Lipinski definition) is 0. The van der Waals surface area contributed by atoms with Crippen LogP contribution in [0, 0.1) is 0 Å². The van der Waals surface area contributed by atoms with E-state index in [1.165, 1.54) is 36.2 Å². The molecule has 3 heterocycles. The van der Waals surface area contributed by atoms with E-state index in [2.05, 4.69) is 14.8 Å². The van der Waals surface area contributed by atoms with E-state index >= 15 is 0 Å². The van der Waals surface area contributed by atoms with Crippen LogP contribution in [0.4, 0.5) is 0 Å². The summed E-state index contributed by atoms with van der Waals surface area (Å²) >= 11 is 0. The molecule has 0 bridgehead atoms. The highest BCUT2D eigenvalue weighted by molar-refractivity contribution is 6.11. The molecule has 0 aliphatic rings. The summed E-state index contributed by atoms with van der Waals surface area (Å²) in [7, 11) is 1.24. The van der Waals surface area contributed by atoms with Gasteiger partial charge in [0.25, 0.3) is 0 Å². The van der Waals surface area contributed by atoms with E-state index in [1.54, 1.807) is 12.4 Å². The lowest BCUT2D eigenvalue weighted by Crippen LogP contribution is -2.01. The number of ketones is 1. The zero-order valence-corrected chi connectivity index (χ0v) is 10.4. The molecule has 0 saturated carbocycles. The zero-order valence-electron chi connectivity index (χ0n) is 10.4. The van der Waals surface area contributed by atoms with Crippen molar-refractivity contribution in [2.75, 3.05) is 7.11 Å². The first-order valence-electron chi connectivity index (χ1n) is 5.71. The van der Waals surface area contributed by atoms with Crippen molar-refractivity contribution in [3.8, 4) is 0 Å². The Morgan fingerprint density at radius 3 is 2.85 bits per heavy atom. The van der Waals surface area contributed by atoms with Gasteiger partial charge < -0.3 is 9.15 Å². The molecule has 7 nitrogen and oxygen atoms in total. The SMILES string of the molecule is COC(=O)c1ccc(C(=O)c2cnn3ccncc23)o1. The minimum Gasteiger partial charge on any atom is -0.463 e. The first-order valence-corrected chi connectivity index (χ1v) is 5.71. The second-order valence-electron chi connectivity index (χ2n) is 3.95. The molecule has 0 radical (unpaired) electrons. The smallest absolute Gasteiger partial charge is 0.373 e. The van der Waals surface area contributed by atoms with E-state index in [0.29, 0.717) is 11.1 Å². The van der Waals surface area contributed by atoms with E-state index in [9.17, 15) is 9.59 Å². The Labute approximate surface area is 112 Å². The number of aromatic nitrogens is 3. The summed E-state index contributed by atoms with van der Waals surface area (Å²) in [4.78, 5) is 27.6. The third-order valence-corrected chi connectivity index (χ3v) is 2.79. The Balaban J connectivity index is 2.00. The molecule has 100 valence electrons.